The van der Waals surface area contributed by atoms with E-state index in [2.05, 4.69) is 5.32 Å². The lowest BCUT2D eigenvalue weighted by Gasteiger charge is -2.24. The van der Waals surface area contributed by atoms with Gasteiger partial charge in [0.15, 0.2) is 5.76 Å². The van der Waals surface area contributed by atoms with Gasteiger partial charge >= 0.3 is 0 Å². The van der Waals surface area contributed by atoms with Gasteiger partial charge < -0.3 is 9.73 Å². The van der Waals surface area contributed by atoms with Crippen LogP contribution in [0.5, 0.6) is 0 Å². The molecule has 1 saturated heterocycles. The van der Waals surface area contributed by atoms with Crippen LogP contribution in [0.25, 0.3) is 11.0 Å². The molecule has 0 amide bonds. The number of Topliss-reactive ketones (excluding diaryl/α,β-unsaturated/α-hetero) is 1. The minimum atomic E-state index is 0.102. The highest BCUT2D eigenvalue weighted by molar-refractivity contribution is 5.99. The van der Waals surface area contributed by atoms with Gasteiger partial charge in [-0.05, 0) is 12.1 Å². The lowest BCUT2D eigenvalue weighted by molar-refractivity contribution is 0.0851. The Morgan fingerprint density at radius 2 is 2.13 bits per heavy atom. The fraction of sp³-hybridized carbons (Fsp3) is 0.250. The first-order valence-electron chi connectivity index (χ1n) is 5.08. The van der Waals surface area contributed by atoms with Crippen molar-refractivity contribution in [2.24, 2.45) is 5.92 Å². The maximum Gasteiger partial charge on any atom is 0.203 e. The van der Waals surface area contributed by atoms with E-state index < -0.39 is 0 Å². The molecule has 1 aliphatic rings. The largest absolute Gasteiger partial charge is 0.453 e. The van der Waals surface area contributed by atoms with Crippen LogP contribution in [0.4, 0.5) is 0 Å². The van der Waals surface area contributed by atoms with Gasteiger partial charge in [-0.3, -0.25) is 4.79 Å². The predicted molar refractivity (Wildman–Crippen MR) is 56.9 cm³/mol. The number of para-hydroxylation sites is 1. The quantitative estimate of drug-likeness (QED) is 0.754. The van der Waals surface area contributed by atoms with E-state index in [1.165, 1.54) is 0 Å². The summed E-state index contributed by atoms with van der Waals surface area (Å²) in [5.74, 6) is 0.707. The summed E-state index contributed by atoms with van der Waals surface area (Å²) in [7, 11) is 0. The SMILES string of the molecule is O=C(c1cc2ccccc2o1)C1CNC1. The Hall–Kier alpha value is -1.61. The maximum absolute atomic E-state index is 11.9. The second-order valence-corrected chi connectivity index (χ2v) is 3.87. The fourth-order valence-corrected chi connectivity index (χ4v) is 1.78. The molecule has 76 valence electrons. The Bertz CT molecular complexity index is 478. The minimum Gasteiger partial charge on any atom is -0.453 e. The third-order valence-electron chi connectivity index (χ3n) is 2.82. The molecule has 1 aliphatic heterocycles. The Balaban J connectivity index is 2.00. The van der Waals surface area contributed by atoms with Crippen molar-refractivity contribution < 1.29 is 9.21 Å². The predicted octanol–water partition coefficient (Wildman–Crippen LogP) is 1.83. The van der Waals surface area contributed by atoms with Gasteiger partial charge in [-0.2, -0.15) is 0 Å². The monoisotopic (exact) mass is 201 g/mol. The van der Waals surface area contributed by atoms with Crippen molar-refractivity contribution in [3.05, 3.63) is 36.1 Å². The molecule has 0 radical (unpaired) electrons. The van der Waals surface area contributed by atoms with Gasteiger partial charge in [0.05, 0.1) is 5.92 Å². The van der Waals surface area contributed by atoms with Gasteiger partial charge in [-0.25, -0.2) is 0 Å². The number of carbonyl (C=O) groups excluding carboxylic acids is 1. The molecule has 1 fully saturated rings. The average Bonchev–Trinajstić information content (AvgIpc) is 2.58. The van der Waals surface area contributed by atoms with E-state index in [1.807, 2.05) is 30.3 Å². The van der Waals surface area contributed by atoms with Crippen molar-refractivity contribution in [3.63, 3.8) is 0 Å². The highest BCUT2D eigenvalue weighted by Gasteiger charge is 2.28. The lowest BCUT2D eigenvalue weighted by atomic mass is 9.96. The van der Waals surface area contributed by atoms with Gasteiger partial charge in [0, 0.05) is 18.5 Å². The molecule has 1 aromatic heterocycles. The summed E-state index contributed by atoms with van der Waals surface area (Å²) in [4.78, 5) is 11.9. The molecular formula is C12H11NO2. The van der Waals surface area contributed by atoms with Gasteiger partial charge in [0.1, 0.15) is 5.58 Å². The Morgan fingerprint density at radius 3 is 2.80 bits per heavy atom. The molecule has 0 saturated carbocycles. The Labute approximate surface area is 87.1 Å². The van der Waals surface area contributed by atoms with Crippen molar-refractivity contribution in [2.75, 3.05) is 13.1 Å². The van der Waals surface area contributed by atoms with Crippen LogP contribution in [0.15, 0.2) is 34.7 Å². The number of rotatable bonds is 2. The third kappa shape index (κ3) is 1.36. The molecule has 3 nitrogen and oxygen atoms in total. The smallest absolute Gasteiger partial charge is 0.203 e. The van der Waals surface area contributed by atoms with Crippen molar-refractivity contribution in [3.8, 4) is 0 Å². The highest BCUT2D eigenvalue weighted by atomic mass is 16.3. The van der Waals surface area contributed by atoms with E-state index in [0.29, 0.717) is 5.76 Å². The standard InChI is InChI=1S/C12H11NO2/c14-12(9-6-13-7-9)11-5-8-3-1-2-4-10(8)15-11/h1-5,9,13H,6-7H2. The number of hydrogen-bond donors (Lipinski definition) is 1. The van der Waals surface area contributed by atoms with Crippen LogP contribution >= 0.6 is 0 Å². The van der Waals surface area contributed by atoms with Crippen LogP contribution in [0.1, 0.15) is 10.6 Å². The van der Waals surface area contributed by atoms with Crippen LogP contribution in [-0.4, -0.2) is 18.9 Å². The van der Waals surface area contributed by atoms with Crippen LogP contribution in [0.2, 0.25) is 0 Å². The highest BCUT2D eigenvalue weighted by Crippen LogP contribution is 2.22. The lowest BCUT2D eigenvalue weighted by Crippen LogP contribution is -2.46. The summed E-state index contributed by atoms with van der Waals surface area (Å²) in [6.45, 7) is 1.55. The summed E-state index contributed by atoms with van der Waals surface area (Å²) >= 11 is 0. The topological polar surface area (TPSA) is 42.2 Å². The van der Waals surface area contributed by atoms with Gasteiger partial charge in [-0.1, -0.05) is 18.2 Å². The Morgan fingerprint density at radius 1 is 1.33 bits per heavy atom. The van der Waals surface area contributed by atoms with Crippen LogP contribution in [-0.2, 0) is 0 Å². The average molecular weight is 201 g/mol. The summed E-state index contributed by atoms with van der Waals surface area (Å²) in [6.07, 6.45) is 0. The summed E-state index contributed by atoms with van der Waals surface area (Å²) in [5.41, 5.74) is 0.785. The molecule has 3 heteroatoms. The van der Waals surface area contributed by atoms with Crippen LogP contribution in [0, 0.1) is 5.92 Å². The van der Waals surface area contributed by atoms with Crippen LogP contribution < -0.4 is 5.32 Å². The summed E-state index contributed by atoms with van der Waals surface area (Å²) in [5, 5.41) is 4.08. The molecule has 0 aliphatic carbocycles. The first-order chi connectivity index (χ1) is 7.34. The maximum atomic E-state index is 11.9. The van der Waals surface area contributed by atoms with E-state index in [-0.39, 0.29) is 11.7 Å². The molecule has 1 aromatic carbocycles. The molecule has 1 N–H and O–H groups in total. The molecule has 2 aromatic rings. The van der Waals surface area contributed by atoms with E-state index in [1.54, 1.807) is 0 Å². The number of benzene rings is 1. The third-order valence-corrected chi connectivity index (χ3v) is 2.82. The first-order valence-corrected chi connectivity index (χ1v) is 5.08. The number of nitrogens with one attached hydrogen (secondary N) is 1. The number of fused-ring (bicyclic) bond motifs is 1. The van der Waals surface area contributed by atoms with Gasteiger partial charge in [0.25, 0.3) is 0 Å². The molecule has 0 unspecified atom stereocenters. The fourth-order valence-electron chi connectivity index (χ4n) is 1.78. The summed E-state index contributed by atoms with van der Waals surface area (Å²) in [6, 6.07) is 9.51. The molecule has 0 bridgehead atoms. The van der Waals surface area contributed by atoms with Crippen molar-refractivity contribution >= 4 is 16.8 Å². The van der Waals surface area contributed by atoms with Crippen LogP contribution in [0.3, 0.4) is 0 Å². The number of carbonyl (C=O) groups is 1. The van der Waals surface area contributed by atoms with Gasteiger partial charge in [-0.15, -0.1) is 0 Å². The minimum absolute atomic E-state index is 0.102. The normalized spacial score (nSPS) is 16.5. The zero-order valence-electron chi connectivity index (χ0n) is 8.19. The van der Waals surface area contributed by atoms with E-state index in [0.717, 1.165) is 24.1 Å². The second kappa shape index (κ2) is 3.21. The zero-order valence-corrected chi connectivity index (χ0v) is 8.19. The van der Waals surface area contributed by atoms with Crippen molar-refractivity contribution in [1.82, 2.24) is 5.32 Å². The molecule has 0 spiro atoms. The molecule has 2 heterocycles. The molecule has 0 atom stereocenters. The number of ketones is 1. The Kier molecular flexibility index (Phi) is 1.86. The molecular weight excluding hydrogens is 190 g/mol. The van der Waals surface area contributed by atoms with Crippen molar-refractivity contribution in [2.45, 2.75) is 0 Å². The first kappa shape index (κ1) is 8.68. The zero-order chi connectivity index (χ0) is 10.3. The molecule has 15 heavy (non-hydrogen) atoms. The molecule has 3 rings (SSSR count). The van der Waals surface area contributed by atoms with Crippen molar-refractivity contribution in [1.29, 1.82) is 0 Å². The van der Waals surface area contributed by atoms with E-state index in [4.69, 9.17) is 4.42 Å². The summed E-state index contributed by atoms with van der Waals surface area (Å²) < 4.78 is 5.51. The second-order valence-electron chi connectivity index (χ2n) is 3.87. The van der Waals surface area contributed by atoms with Gasteiger partial charge in [0.2, 0.25) is 5.78 Å². The van der Waals surface area contributed by atoms with E-state index >= 15 is 0 Å². The number of hydrogen-bond acceptors (Lipinski definition) is 3. The van der Waals surface area contributed by atoms with E-state index in [9.17, 15) is 4.79 Å². The number of furan rings is 1.